The van der Waals surface area contributed by atoms with E-state index in [4.69, 9.17) is 0 Å². The van der Waals surface area contributed by atoms with Gasteiger partial charge in [-0.1, -0.05) is 40.0 Å². The molecule has 0 aromatic carbocycles. The lowest BCUT2D eigenvalue weighted by Crippen LogP contribution is -2.36. The van der Waals surface area contributed by atoms with Crippen molar-refractivity contribution in [1.82, 2.24) is 4.98 Å². The fourth-order valence-electron chi connectivity index (χ4n) is 2.84. The predicted molar refractivity (Wildman–Crippen MR) is 83.1 cm³/mol. The minimum atomic E-state index is -0.683. The lowest BCUT2D eigenvalue weighted by atomic mass is 9.83. The fraction of sp³-hybridized carbons (Fsp3) is 0.812. The first-order valence-electron chi connectivity index (χ1n) is 7.69. The first-order valence-corrected chi connectivity index (χ1v) is 8.57. The van der Waals surface area contributed by atoms with Gasteiger partial charge in [0.25, 0.3) is 0 Å². The van der Waals surface area contributed by atoms with Gasteiger partial charge in [0.05, 0.1) is 22.9 Å². The second kappa shape index (κ2) is 6.54. The number of aromatic nitrogens is 1. The van der Waals surface area contributed by atoms with E-state index in [1.165, 1.54) is 19.3 Å². The molecule has 1 saturated carbocycles. The van der Waals surface area contributed by atoms with E-state index in [-0.39, 0.29) is 11.3 Å². The zero-order valence-electron chi connectivity index (χ0n) is 12.8. The quantitative estimate of drug-likeness (QED) is 0.896. The van der Waals surface area contributed by atoms with Gasteiger partial charge in [0.2, 0.25) is 0 Å². The topological polar surface area (TPSA) is 53.4 Å². The van der Waals surface area contributed by atoms with E-state index in [1.807, 2.05) is 0 Å². The van der Waals surface area contributed by atoms with Crippen LogP contribution in [0.4, 0.5) is 0 Å². The number of aliphatic hydroxyl groups is 2. The van der Waals surface area contributed by atoms with Gasteiger partial charge in [-0.05, 0) is 18.8 Å². The van der Waals surface area contributed by atoms with Gasteiger partial charge in [0.1, 0.15) is 0 Å². The molecule has 20 heavy (non-hydrogen) atoms. The maximum Gasteiger partial charge on any atom is 0.0955 e. The molecule has 114 valence electrons. The van der Waals surface area contributed by atoms with Crippen molar-refractivity contribution < 1.29 is 10.2 Å². The second-order valence-corrected chi connectivity index (χ2v) is 7.98. The van der Waals surface area contributed by atoms with Crippen LogP contribution < -0.4 is 0 Å². The summed E-state index contributed by atoms with van der Waals surface area (Å²) in [6.07, 6.45) is 4.90. The summed E-state index contributed by atoms with van der Waals surface area (Å²) in [5.41, 5.74) is 1.11. The van der Waals surface area contributed by atoms with E-state index in [0.717, 1.165) is 23.5 Å². The largest absolute Gasteiger partial charge is 0.390 e. The molecule has 0 amide bonds. The molecule has 1 aromatic heterocycles. The summed E-state index contributed by atoms with van der Waals surface area (Å²) in [5, 5.41) is 23.5. The van der Waals surface area contributed by atoms with Gasteiger partial charge >= 0.3 is 0 Å². The molecule has 3 nitrogen and oxygen atoms in total. The molecule has 1 aromatic rings. The van der Waals surface area contributed by atoms with Gasteiger partial charge in [-0.25, -0.2) is 4.98 Å². The second-order valence-electron chi connectivity index (χ2n) is 7.04. The molecule has 1 fully saturated rings. The summed E-state index contributed by atoms with van der Waals surface area (Å²) >= 11 is 1.59. The van der Waals surface area contributed by atoms with Crippen LogP contribution in [0.25, 0.3) is 0 Å². The van der Waals surface area contributed by atoms with E-state index in [2.05, 4.69) is 31.1 Å². The normalized spacial score (nSPS) is 20.9. The van der Waals surface area contributed by atoms with Crippen LogP contribution in [0, 0.1) is 5.92 Å². The molecule has 1 heterocycles. The maximum atomic E-state index is 10.3. The molecule has 0 radical (unpaired) electrons. The highest BCUT2D eigenvalue weighted by atomic mass is 32.1. The highest BCUT2D eigenvalue weighted by Crippen LogP contribution is 2.29. The van der Waals surface area contributed by atoms with Gasteiger partial charge in [-0.15, -0.1) is 11.3 Å². The average Bonchev–Trinajstić information content (AvgIpc) is 2.87. The highest BCUT2D eigenvalue weighted by molar-refractivity contribution is 7.09. The SMILES string of the molecule is CC(C)(C)c1csc(CC(O)C(O)C2CCCCC2)n1. The smallest absolute Gasteiger partial charge is 0.0955 e. The molecule has 2 unspecified atom stereocenters. The number of thiazole rings is 1. The van der Waals surface area contributed by atoms with Crippen LogP contribution in [-0.2, 0) is 11.8 Å². The van der Waals surface area contributed by atoms with Crippen LogP contribution in [0.15, 0.2) is 5.38 Å². The lowest BCUT2D eigenvalue weighted by Gasteiger charge is -2.29. The van der Waals surface area contributed by atoms with Gasteiger partial charge < -0.3 is 10.2 Å². The molecule has 2 atom stereocenters. The summed E-state index contributed by atoms with van der Waals surface area (Å²) in [7, 11) is 0. The van der Waals surface area contributed by atoms with Crippen molar-refractivity contribution in [3.63, 3.8) is 0 Å². The van der Waals surface area contributed by atoms with Crippen LogP contribution in [0.1, 0.15) is 63.6 Å². The van der Waals surface area contributed by atoms with Crippen LogP contribution >= 0.6 is 11.3 Å². The molecule has 2 rings (SSSR count). The Morgan fingerprint density at radius 3 is 2.45 bits per heavy atom. The van der Waals surface area contributed by atoms with Crippen LogP contribution in [0.5, 0.6) is 0 Å². The Hall–Kier alpha value is -0.450. The van der Waals surface area contributed by atoms with Crippen LogP contribution in [0.2, 0.25) is 0 Å². The minimum absolute atomic E-state index is 0.0433. The molecule has 0 aliphatic heterocycles. The van der Waals surface area contributed by atoms with Gasteiger partial charge in [0.15, 0.2) is 0 Å². The number of rotatable bonds is 4. The number of aliphatic hydroxyl groups excluding tert-OH is 2. The van der Waals surface area contributed by atoms with Crippen molar-refractivity contribution in [1.29, 1.82) is 0 Å². The maximum absolute atomic E-state index is 10.3. The Bertz CT molecular complexity index is 418. The molecule has 2 N–H and O–H groups in total. The third kappa shape index (κ3) is 4.03. The van der Waals surface area contributed by atoms with Crippen LogP contribution in [-0.4, -0.2) is 27.4 Å². The third-order valence-corrected chi connectivity index (χ3v) is 5.10. The Labute approximate surface area is 126 Å². The molecule has 1 aliphatic carbocycles. The van der Waals surface area contributed by atoms with Crippen molar-refractivity contribution in [2.24, 2.45) is 5.92 Å². The highest BCUT2D eigenvalue weighted by Gasteiger charge is 2.28. The van der Waals surface area contributed by atoms with Crippen molar-refractivity contribution in [3.05, 3.63) is 16.1 Å². The minimum Gasteiger partial charge on any atom is -0.390 e. The average molecular weight is 297 g/mol. The Balaban J connectivity index is 1.93. The van der Waals surface area contributed by atoms with Crippen molar-refractivity contribution >= 4 is 11.3 Å². The Morgan fingerprint density at radius 2 is 1.90 bits per heavy atom. The zero-order chi connectivity index (χ0) is 14.8. The van der Waals surface area contributed by atoms with Crippen molar-refractivity contribution in [2.75, 3.05) is 0 Å². The molecule has 0 spiro atoms. The molecular weight excluding hydrogens is 270 g/mol. The standard InChI is InChI=1S/C16H27NO2S/c1-16(2,3)13-10-20-14(17-13)9-12(18)15(19)11-7-5-4-6-8-11/h10-12,15,18-19H,4-9H2,1-3H3. The van der Waals surface area contributed by atoms with E-state index in [9.17, 15) is 10.2 Å². The number of hydrogen-bond donors (Lipinski definition) is 2. The van der Waals surface area contributed by atoms with Gasteiger partial charge in [-0.3, -0.25) is 0 Å². The molecular formula is C16H27NO2S. The molecule has 0 saturated heterocycles. The predicted octanol–water partition coefficient (Wildman–Crippen LogP) is 3.29. The Kier molecular flexibility index (Phi) is 5.21. The fourth-order valence-corrected chi connectivity index (χ4v) is 3.91. The van der Waals surface area contributed by atoms with E-state index >= 15 is 0 Å². The third-order valence-electron chi connectivity index (χ3n) is 4.23. The molecule has 1 aliphatic rings. The zero-order valence-corrected chi connectivity index (χ0v) is 13.6. The van der Waals surface area contributed by atoms with Gasteiger partial charge in [0, 0.05) is 17.2 Å². The summed E-state index contributed by atoms with van der Waals surface area (Å²) in [4.78, 5) is 4.60. The molecule has 0 bridgehead atoms. The monoisotopic (exact) mass is 297 g/mol. The lowest BCUT2D eigenvalue weighted by molar-refractivity contribution is -0.0263. The number of hydrogen-bond acceptors (Lipinski definition) is 4. The number of nitrogens with zero attached hydrogens (tertiary/aromatic N) is 1. The summed E-state index contributed by atoms with van der Waals surface area (Å²) < 4.78 is 0. The van der Waals surface area contributed by atoms with E-state index < -0.39 is 12.2 Å². The first kappa shape index (κ1) is 15.9. The summed E-state index contributed by atoms with van der Waals surface area (Å²) in [6, 6.07) is 0. The van der Waals surface area contributed by atoms with Crippen molar-refractivity contribution in [3.8, 4) is 0 Å². The Morgan fingerprint density at radius 1 is 1.25 bits per heavy atom. The molecule has 4 heteroatoms. The first-order chi connectivity index (χ1) is 9.38. The van der Waals surface area contributed by atoms with Gasteiger partial charge in [-0.2, -0.15) is 0 Å². The van der Waals surface area contributed by atoms with Crippen molar-refractivity contribution in [2.45, 2.75) is 76.9 Å². The van der Waals surface area contributed by atoms with Crippen LogP contribution in [0.3, 0.4) is 0 Å². The summed E-state index contributed by atoms with van der Waals surface area (Å²) in [6.45, 7) is 6.41. The summed E-state index contributed by atoms with van der Waals surface area (Å²) in [5.74, 6) is 0.265. The van der Waals surface area contributed by atoms with E-state index in [0.29, 0.717) is 6.42 Å². The van der Waals surface area contributed by atoms with E-state index in [1.54, 1.807) is 11.3 Å².